The van der Waals surface area contributed by atoms with Crippen LogP contribution < -0.4 is 10.6 Å². The second-order valence-electron chi connectivity index (χ2n) is 8.86. The van der Waals surface area contributed by atoms with Gasteiger partial charge in [0.05, 0.1) is 35.7 Å². The van der Waals surface area contributed by atoms with Crippen molar-refractivity contribution in [1.29, 1.82) is 0 Å². The Morgan fingerprint density at radius 2 is 1.78 bits per heavy atom. The van der Waals surface area contributed by atoms with Crippen LogP contribution in [0, 0.1) is 10.1 Å². The van der Waals surface area contributed by atoms with E-state index < -0.39 is 22.8 Å². The normalized spacial score (nSPS) is 19.3. The van der Waals surface area contributed by atoms with Crippen LogP contribution in [-0.4, -0.2) is 37.1 Å². The summed E-state index contributed by atoms with van der Waals surface area (Å²) in [5, 5.41) is 18.0. The van der Waals surface area contributed by atoms with Gasteiger partial charge in [-0.1, -0.05) is 36.4 Å². The first kappa shape index (κ1) is 25.1. The molecule has 0 amide bonds. The highest BCUT2D eigenvalue weighted by molar-refractivity contribution is 5.99. The van der Waals surface area contributed by atoms with E-state index in [-0.39, 0.29) is 29.5 Å². The van der Waals surface area contributed by atoms with Gasteiger partial charge in [0.2, 0.25) is 0 Å². The Balaban J connectivity index is 1.60. The van der Waals surface area contributed by atoms with E-state index in [9.17, 15) is 19.7 Å². The number of rotatable bonds is 7. The third-order valence-electron chi connectivity index (χ3n) is 6.66. The summed E-state index contributed by atoms with van der Waals surface area (Å²) in [5.41, 5.74) is 4.24. The molecule has 2 unspecified atom stereocenters. The Bertz CT molecular complexity index is 1270. The molecule has 0 bridgehead atoms. The highest BCUT2D eigenvalue weighted by atomic mass is 16.6. The van der Waals surface area contributed by atoms with Gasteiger partial charge in [-0.3, -0.25) is 10.1 Å². The Morgan fingerprint density at radius 1 is 1.06 bits per heavy atom. The Hall–Kier alpha value is -3.98. The number of dihydropyridines is 1. The number of methoxy groups -OCH3 is 1. The topological polar surface area (TPSA) is 120 Å². The van der Waals surface area contributed by atoms with Crippen molar-refractivity contribution in [3.8, 4) is 0 Å². The van der Waals surface area contributed by atoms with Gasteiger partial charge in [0.1, 0.15) is 0 Å². The smallest absolute Gasteiger partial charge is 0.336 e. The molecule has 0 radical (unpaired) electrons. The van der Waals surface area contributed by atoms with Gasteiger partial charge >= 0.3 is 11.9 Å². The molecular weight excluding hydrogens is 462 g/mol. The monoisotopic (exact) mass is 491 g/mol. The molecule has 2 aliphatic rings. The summed E-state index contributed by atoms with van der Waals surface area (Å²) in [6.07, 6.45) is 1.54. The van der Waals surface area contributed by atoms with Crippen LogP contribution >= 0.6 is 0 Å². The number of nitrogens with one attached hydrogen (secondary N) is 2. The predicted octanol–water partition coefficient (Wildman–Crippen LogP) is 3.82. The molecule has 2 atom stereocenters. The first-order valence-corrected chi connectivity index (χ1v) is 11.8. The predicted molar refractivity (Wildman–Crippen MR) is 133 cm³/mol. The van der Waals surface area contributed by atoms with E-state index in [1.165, 1.54) is 36.4 Å². The molecule has 2 aliphatic heterocycles. The number of allylic oxidation sites excluding steroid dienone is 2. The van der Waals surface area contributed by atoms with E-state index in [0.717, 1.165) is 13.0 Å². The molecule has 0 aliphatic carbocycles. The van der Waals surface area contributed by atoms with Crippen LogP contribution in [-0.2, 0) is 25.5 Å². The number of hydrogen-bond donors (Lipinski definition) is 2. The lowest BCUT2D eigenvalue weighted by atomic mass is 9.80. The number of esters is 2. The molecule has 0 saturated heterocycles. The van der Waals surface area contributed by atoms with E-state index in [1.807, 2.05) is 12.1 Å². The number of hydrogen-bond acceptors (Lipinski definition) is 8. The minimum atomic E-state index is -0.875. The first-order chi connectivity index (χ1) is 17.3. The Labute approximate surface area is 209 Å². The molecule has 0 saturated carbocycles. The quantitative estimate of drug-likeness (QED) is 0.341. The van der Waals surface area contributed by atoms with E-state index in [4.69, 9.17) is 9.47 Å². The fourth-order valence-electron chi connectivity index (χ4n) is 4.99. The summed E-state index contributed by atoms with van der Waals surface area (Å²) in [4.78, 5) is 37.1. The van der Waals surface area contributed by atoms with Crippen molar-refractivity contribution in [2.75, 3.05) is 20.3 Å². The van der Waals surface area contributed by atoms with Crippen LogP contribution in [0.1, 0.15) is 48.9 Å². The second kappa shape index (κ2) is 10.7. The number of benzene rings is 2. The molecule has 2 heterocycles. The van der Waals surface area contributed by atoms with E-state index in [2.05, 4.69) is 22.8 Å². The van der Waals surface area contributed by atoms with Crippen molar-refractivity contribution in [2.45, 2.75) is 38.6 Å². The Kier molecular flexibility index (Phi) is 7.49. The zero-order valence-electron chi connectivity index (χ0n) is 20.5. The summed E-state index contributed by atoms with van der Waals surface area (Å²) in [5.74, 6) is -2.09. The number of non-ortho nitro benzene ring substituents is 1. The van der Waals surface area contributed by atoms with Gasteiger partial charge in [-0.2, -0.15) is 0 Å². The summed E-state index contributed by atoms with van der Waals surface area (Å²) in [6, 6.07) is 14.2. The first-order valence-electron chi connectivity index (χ1n) is 11.8. The number of carbonyl (C=O) groups excluding carboxylic acids is 2. The van der Waals surface area contributed by atoms with Gasteiger partial charge in [0.25, 0.3) is 5.69 Å². The molecule has 0 spiro atoms. The third kappa shape index (κ3) is 5.01. The Morgan fingerprint density at radius 3 is 2.50 bits per heavy atom. The van der Waals surface area contributed by atoms with Crippen molar-refractivity contribution in [1.82, 2.24) is 10.6 Å². The van der Waals surface area contributed by atoms with Crippen LogP contribution in [0.25, 0.3) is 0 Å². The molecule has 0 aromatic heterocycles. The minimum absolute atomic E-state index is 0.0719. The number of fused-ring (bicyclic) bond motifs is 1. The molecule has 188 valence electrons. The standard InChI is InChI=1S/C27H29N3O6/c1-16-23(26(31)35-3)25(19-8-6-9-20(15-19)30(33)34)24(17(2)29-16)27(32)36-14-12-22-21-10-5-4-7-18(21)11-13-28-22/h4-10,15,22,25,28-29H,11-14H2,1-3H3. The summed E-state index contributed by atoms with van der Waals surface area (Å²) in [6.45, 7) is 4.44. The molecule has 0 fully saturated rings. The zero-order chi connectivity index (χ0) is 25.8. The van der Waals surface area contributed by atoms with Crippen LogP contribution in [0.4, 0.5) is 5.69 Å². The number of carbonyl (C=O) groups is 2. The van der Waals surface area contributed by atoms with Gasteiger partial charge in [0, 0.05) is 36.0 Å². The van der Waals surface area contributed by atoms with Gasteiger partial charge < -0.3 is 20.1 Å². The van der Waals surface area contributed by atoms with Crippen LogP contribution in [0.5, 0.6) is 0 Å². The van der Waals surface area contributed by atoms with Crippen molar-refractivity contribution < 1.29 is 24.0 Å². The maximum absolute atomic E-state index is 13.4. The lowest BCUT2D eigenvalue weighted by Gasteiger charge is -2.30. The van der Waals surface area contributed by atoms with Gasteiger partial charge in [-0.05, 0) is 43.5 Å². The van der Waals surface area contributed by atoms with Gasteiger partial charge in [-0.15, -0.1) is 0 Å². The number of ether oxygens (including phenoxy) is 2. The fourth-order valence-corrected chi connectivity index (χ4v) is 4.99. The molecule has 36 heavy (non-hydrogen) atoms. The lowest BCUT2D eigenvalue weighted by Crippen LogP contribution is -2.33. The second-order valence-corrected chi connectivity index (χ2v) is 8.86. The third-order valence-corrected chi connectivity index (χ3v) is 6.66. The van der Waals surface area contributed by atoms with Crippen molar-refractivity contribution in [3.63, 3.8) is 0 Å². The van der Waals surface area contributed by atoms with E-state index in [0.29, 0.717) is 23.4 Å². The molecule has 2 N–H and O–H groups in total. The SMILES string of the molecule is COC(=O)C1=C(C)NC(C)=C(C(=O)OCCC2NCCc3ccccc32)C1c1cccc([N+](=O)[O-])c1. The van der Waals surface area contributed by atoms with Crippen LogP contribution in [0.2, 0.25) is 0 Å². The maximum atomic E-state index is 13.4. The minimum Gasteiger partial charge on any atom is -0.466 e. The zero-order valence-corrected chi connectivity index (χ0v) is 20.5. The van der Waals surface area contributed by atoms with E-state index in [1.54, 1.807) is 19.9 Å². The number of nitrogens with zero attached hydrogens (tertiary/aromatic N) is 1. The maximum Gasteiger partial charge on any atom is 0.336 e. The molecule has 2 aromatic rings. The average molecular weight is 492 g/mol. The highest BCUT2D eigenvalue weighted by Crippen LogP contribution is 2.40. The lowest BCUT2D eigenvalue weighted by molar-refractivity contribution is -0.384. The summed E-state index contributed by atoms with van der Waals surface area (Å²) >= 11 is 0. The number of nitro benzene ring substituents is 1. The fraction of sp³-hybridized carbons (Fsp3) is 0.333. The molecule has 9 heteroatoms. The molecule has 2 aromatic carbocycles. The average Bonchev–Trinajstić information content (AvgIpc) is 2.88. The van der Waals surface area contributed by atoms with Crippen molar-refractivity contribution in [3.05, 3.63) is 97.9 Å². The largest absolute Gasteiger partial charge is 0.466 e. The molecule has 4 rings (SSSR count). The number of nitro groups is 1. The van der Waals surface area contributed by atoms with Crippen LogP contribution in [0.15, 0.2) is 71.1 Å². The van der Waals surface area contributed by atoms with Crippen molar-refractivity contribution in [2.24, 2.45) is 0 Å². The van der Waals surface area contributed by atoms with Crippen LogP contribution in [0.3, 0.4) is 0 Å². The summed E-state index contributed by atoms with van der Waals surface area (Å²) < 4.78 is 10.7. The van der Waals surface area contributed by atoms with Gasteiger partial charge in [-0.25, -0.2) is 9.59 Å². The molecule has 9 nitrogen and oxygen atoms in total. The highest BCUT2D eigenvalue weighted by Gasteiger charge is 2.38. The molecular formula is C27H29N3O6. The van der Waals surface area contributed by atoms with E-state index >= 15 is 0 Å². The van der Waals surface area contributed by atoms with Crippen molar-refractivity contribution >= 4 is 17.6 Å². The summed E-state index contributed by atoms with van der Waals surface area (Å²) in [7, 11) is 1.26. The van der Waals surface area contributed by atoms with Gasteiger partial charge in [0.15, 0.2) is 0 Å².